The zero-order valence-electron chi connectivity index (χ0n) is 11.9. The number of aliphatic carboxylic acids is 1. The normalized spacial score (nSPS) is 12.7. The molecule has 0 aliphatic rings. The van der Waals surface area contributed by atoms with E-state index in [1.807, 2.05) is 4.72 Å². The average molecular weight is 356 g/mol. The molecule has 2 rings (SSSR count). The van der Waals surface area contributed by atoms with Crippen LogP contribution in [0.25, 0.3) is 11.5 Å². The van der Waals surface area contributed by atoms with E-state index < -0.39 is 34.5 Å². The molecule has 0 aliphatic heterocycles. The lowest BCUT2D eigenvalue weighted by molar-refractivity contribution is -0.138. The van der Waals surface area contributed by atoms with Gasteiger partial charge in [0.05, 0.1) is 12.7 Å². The number of carbonyl (C=O) groups is 1. The van der Waals surface area contributed by atoms with Crippen molar-refractivity contribution in [2.45, 2.75) is 12.6 Å². The minimum absolute atomic E-state index is 0.0873. The van der Waals surface area contributed by atoms with Crippen molar-refractivity contribution in [3.63, 3.8) is 0 Å². The summed E-state index contributed by atoms with van der Waals surface area (Å²) < 4.78 is 32.0. The molecule has 0 saturated carbocycles. The Balaban J connectivity index is 2.01. The minimum Gasteiger partial charge on any atom is -0.511 e. The quantitative estimate of drug-likeness (QED) is 0.427. The first-order valence-electron chi connectivity index (χ1n) is 6.25. The number of nitrogens with one attached hydrogen (secondary N) is 2. The van der Waals surface area contributed by atoms with Crippen LogP contribution < -0.4 is 9.44 Å². The summed E-state index contributed by atoms with van der Waals surface area (Å²) in [7, 11) is -4.28. The van der Waals surface area contributed by atoms with Gasteiger partial charge in [-0.3, -0.25) is 4.98 Å². The molecule has 0 fully saturated rings. The molecular weight excluding hydrogens is 344 g/mol. The Morgan fingerprint density at radius 2 is 2.12 bits per heavy atom. The van der Waals surface area contributed by atoms with Gasteiger partial charge in [-0.2, -0.15) is 22.8 Å². The minimum atomic E-state index is -4.28. The van der Waals surface area contributed by atoms with Crippen LogP contribution in [-0.2, 0) is 21.5 Å². The van der Waals surface area contributed by atoms with E-state index in [1.54, 1.807) is 4.72 Å². The van der Waals surface area contributed by atoms with Crippen LogP contribution in [-0.4, -0.2) is 50.8 Å². The van der Waals surface area contributed by atoms with E-state index in [4.69, 9.17) is 14.7 Å². The molecule has 0 saturated heterocycles. The fraction of sp³-hybridized carbons (Fsp3) is 0.182. The molecule has 13 heteroatoms. The van der Waals surface area contributed by atoms with Gasteiger partial charge >= 0.3 is 5.97 Å². The first kappa shape index (κ1) is 17.5. The smallest absolute Gasteiger partial charge is 0.329 e. The highest BCUT2D eigenvalue weighted by atomic mass is 32.2. The van der Waals surface area contributed by atoms with Gasteiger partial charge in [0.1, 0.15) is 11.5 Å². The summed E-state index contributed by atoms with van der Waals surface area (Å²) in [6.45, 7) is 2.57. The largest absolute Gasteiger partial charge is 0.511 e. The second kappa shape index (κ2) is 7.12. The van der Waals surface area contributed by atoms with Gasteiger partial charge in [0.25, 0.3) is 10.2 Å². The van der Waals surface area contributed by atoms with Crippen LogP contribution in [0.2, 0.25) is 0 Å². The van der Waals surface area contributed by atoms with Crippen molar-refractivity contribution in [3.05, 3.63) is 36.8 Å². The lowest BCUT2D eigenvalue weighted by Gasteiger charge is -2.13. The van der Waals surface area contributed by atoms with Gasteiger partial charge < -0.3 is 14.7 Å². The van der Waals surface area contributed by atoms with E-state index in [0.29, 0.717) is 5.69 Å². The third kappa shape index (κ3) is 4.55. The summed E-state index contributed by atoms with van der Waals surface area (Å²) in [4.78, 5) is 22.5. The predicted octanol–water partition coefficient (Wildman–Crippen LogP) is -1.02. The van der Waals surface area contributed by atoms with E-state index >= 15 is 0 Å². The second-order valence-corrected chi connectivity index (χ2v) is 5.84. The molecule has 0 bridgehead atoms. The first-order chi connectivity index (χ1) is 11.3. The molecule has 0 aromatic carbocycles. The van der Waals surface area contributed by atoms with Crippen LogP contribution in [0.4, 0.5) is 0 Å². The maximum atomic E-state index is 11.7. The highest BCUT2D eigenvalue weighted by Crippen LogP contribution is 2.10. The van der Waals surface area contributed by atoms with Crippen LogP contribution >= 0.6 is 0 Å². The van der Waals surface area contributed by atoms with Crippen molar-refractivity contribution >= 4 is 16.2 Å². The van der Waals surface area contributed by atoms with Crippen molar-refractivity contribution in [3.8, 4) is 11.5 Å². The van der Waals surface area contributed by atoms with Gasteiger partial charge in [0.15, 0.2) is 6.04 Å². The Morgan fingerprint density at radius 1 is 1.38 bits per heavy atom. The molecule has 2 heterocycles. The van der Waals surface area contributed by atoms with Gasteiger partial charge in [-0.05, 0) is 0 Å². The van der Waals surface area contributed by atoms with Crippen LogP contribution in [0, 0.1) is 0 Å². The Kier molecular flexibility index (Phi) is 5.18. The summed E-state index contributed by atoms with van der Waals surface area (Å²) in [5, 5.41) is 21.5. The molecule has 4 N–H and O–H groups in total. The molecule has 128 valence electrons. The number of hydrogen-bond donors (Lipinski definition) is 4. The van der Waals surface area contributed by atoms with E-state index in [1.165, 1.54) is 18.6 Å². The molecule has 2 aromatic heterocycles. The third-order valence-electron chi connectivity index (χ3n) is 2.53. The van der Waals surface area contributed by atoms with E-state index in [2.05, 4.69) is 26.7 Å². The lowest BCUT2D eigenvalue weighted by atomic mass is 10.3. The Bertz CT molecular complexity index is 822. The Hall–Kier alpha value is -2.90. The molecule has 12 nitrogen and oxygen atoms in total. The van der Waals surface area contributed by atoms with E-state index in [-0.39, 0.29) is 11.7 Å². The van der Waals surface area contributed by atoms with Crippen LogP contribution in [0.1, 0.15) is 5.89 Å². The molecule has 0 amide bonds. The number of hydrogen-bond acceptors (Lipinski definition) is 9. The predicted molar refractivity (Wildman–Crippen MR) is 77.4 cm³/mol. The van der Waals surface area contributed by atoms with Crippen molar-refractivity contribution in [1.82, 2.24) is 29.6 Å². The number of rotatable bonds is 8. The summed E-state index contributed by atoms with van der Waals surface area (Å²) in [6.07, 6.45) is 4.27. The summed E-state index contributed by atoms with van der Waals surface area (Å²) >= 11 is 0. The molecule has 24 heavy (non-hydrogen) atoms. The zero-order valence-corrected chi connectivity index (χ0v) is 12.8. The topological polar surface area (TPSA) is 180 Å². The van der Waals surface area contributed by atoms with Gasteiger partial charge in [-0.25, -0.2) is 9.78 Å². The number of carboxylic acids is 1. The van der Waals surface area contributed by atoms with Gasteiger partial charge in [-0.15, -0.1) is 0 Å². The number of aliphatic hydroxyl groups is 1. The Labute approximate surface area is 135 Å². The highest BCUT2D eigenvalue weighted by molar-refractivity contribution is 7.87. The molecular formula is C11H12N6O6S. The lowest BCUT2D eigenvalue weighted by Crippen LogP contribution is -2.47. The second-order valence-electron chi connectivity index (χ2n) is 4.31. The molecule has 0 radical (unpaired) electrons. The zero-order chi connectivity index (χ0) is 17.7. The summed E-state index contributed by atoms with van der Waals surface area (Å²) in [5.41, 5.74) is 0.330. The molecule has 2 aromatic rings. The number of nitrogens with zero attached hydrogens (tertiary/aromatic N) is 4. The van der Waals surface area contributed by atoms with Gasteiger partial charge in [0.2, 0.25) is 11.7 Å². The van der Waals surface area contributed by atoms with Crippen LogP contribution in [0.3, 0.4) is 0 Å². The van der Waals surface area contributed by atoms with Crippen molar-refractivity contribution < 1.29 is 27.9 Å². The molecule has 0 unspecified atom stereocenters. The molecule has 0 spiro atoms. The highest BCUT2D eigenvalue weighted by Gasteiger charge is 2.26. The van der Waals surface area contributed by atoms with Gasteiger partial charge in [-0.1, -0.05) is 11.7 Å². The third-order valence-corrected chi connectivity index (χ3v) is 3.60. The molecule has 0 aliphatic carbocycles. The maximum Gasteiger partial charge on any atom is 0.329 e. The van der Waals surface area contributed by atoms with Crippen LogP contribution in [0.15, 0.2) is 35.5 Å². The average Bonchev–Trinajstić information content (AvgIpc) is 3.00. The number of aliphatic hydroxyl groups excluding tert-OH is 1. The SMILES string of the molecule is C=C(O)[C@H](NS(=O)(=O)NCc1nc(-c2cnccn2)no1)C(=O)O. The van der Waals surface area contributed by atoms with Crippen LogP contribution in [0.5, 0.6) is 0 Å². The number of aromatic nitrogens is 4. The maximum absolute atomic E-state index is 11.7. The fourth-order valence-electron chi connectivity index (χ4n) is 1.46. The number of carboxylic acid groups (broad SMARTS) is 1. The van der Waals surface area contributed by atoms with Crippen molar-refractivity contribution in [2.75, 3.05) is 0 Å². The Morgan fingerprint density at radius 3 is 2.71 bits per heavy atom. The van der Waals surface area contributed by atoms with Crippen molar-refractivity contribution in [1.29, 1.82) is 0 Å². The van der Waals surface area contributed by atoms with E-state index in [0.717, 1.165) is 0 Å². The summed E-state index contributed by atoms with van der Waals surface area (Å²) in [5.74, 6) is -2.46. The van der Waals surface area contributed by atoms with E-state index in [9.17, 15) is 13.2 Å². The molecule has 1 atom stereocenters. The van der Waals surface area contributed by atoms with Crippen molar-refractivity contribution in [2.24, 2.45) is 0 Å². The summed E-state index contributed by atoms with van der Waals surface area (Å²) in [6, 6.07) is -1.89. The fourth-order valence-corrected chi connectivity index (χ4v) is 2.40. The first-order valence-corrected chi connectivity index (χ1v) is 7.73. The monoisotopic (exact) mass is 356 g/mol. The standard InChI is InChI=1S/C11H12N6O6S/c1-6(18)9(11(19)20)17-24(21,22)14-5-8-15-10(16-23-8)7-4-12-2-3-13-7/h2-4,9,14,17-18H,1,5H2,(H,19,20)/t9-/m0/s1. The van der Waals surface area contributed by atoms with Gasteiger partial charge in [0, 0.05) is 12.4 Å².